The maximum atomic E-state index is 5.44. The monoisotopic (exact) mass is 280 g/mol. The summed E-state index contributed by atoms with van der Waals surface area (Å²) < 4.78 is 10.7. The van der Waals surface area contributed by atoms with Crippen LogP contribution in [0, 0.1) is 12.3 Å². The van der Waals surface area contributed by atoms with Gasteiger partial charge in [-0.2, -0.15) is 5.10 Å². The Morgan fingerprint density at radius 3 is 2.71 bits per heavy atom. The standard InChI is InChI=1S/C17H16N2O2/c1-3-11-21-17-12-14(9-10-16(17)20-2)13-18-19-15-7-5-4-6-8-15/h1,4-10,12-13,19H,11H2,2H3. The number of hydrazone groups is 1. The number of hydrogen-bond donors (Lipinski definition) is 1. The summed E-state index contributed by atoms with van der Waals surface area (Å²) in [4.78, 5) is 0. The number of benzene rings is 2. The third-order valence-corrected chi connectivity index (χ3v) is 2.68. The summed E-state index contributed by atoms with van der Waals surface area (Å²) in [6, 6.07) is 15.2. The molecule has 106 valence electrons. The van der Waals surface area contributed by atoms with Gasteiger partial charge in [-0.3, -0.25) is 5.43 Å². The van der Waals surface area contributed by atoms with Crippen LogP contribution in [-0.2, 0) is 0 Å². The van der Waals surface area contributed by atoms with Gasteiger partial charge in [0.2, 0.25) is 0 Å². The maximum absolute atomic E-state index is 5.44. The average molecular weight is 280 g/mol. The Labute approximate surface area is 124 Å². The summed E-state index contributed by atoms with van der Waals surface area (Å²) in [5.41, 5.74) is 4.75. The molecule has 0 saturated heterocycles. The average Bonchev–Trinajstić information content (AvgIpc) is 2.54. The summed E-state index contributed by atoms with van der Waals surface area (Å²) in [6.07, 6.45) is 6.90. The van der Waals surface area contributed by atoms with E-state index in [1.54, 1.807) is 13.3 Å². The predicted octanol–water partition coefficient (Wildman–Crippen LogP) is 3.15. The summed E-state index contributed by atoms with van der Waals surface area (Å²) in [5, 5.41) is 4.18. The van der Waals surface area contributed by atoms with Crippen molar-refractivity contribution in [3.8, 4) is 23.8 Å². The second-order valence-corrected chi connectivity index (χ2v) is 4.14. The van der Waals surface area contributed by atoms with Crippen molar-refractivity contribution < 1.29 is 9.47 Å². The highest BCUT2D eigenvalue weighted by atomic mass is 16.5. The lowest BCUT2D eigenvalue weighted by molar-refractivity contribution is 0.331. The molecular formula is C17H16N2O2. The van der Waals surface area contributed by atoms with Gasteiger partial charge in [0.15, 0.2) is 11.5 Å². The topological polar surface area (TPSA) is 42.8 Å². The Balaban J connectivity index is 2.07. The van der Waals surface area contributed by atoms with Crippen LogP contribution in [0.25, 0.3) is 0 Å². The Morgan fingerprint density at radius 1 is 1.19 bits per heavy atom. The van der Waals surface area contributed by atoms with Crippen molar-refractivity contribution in [2.45, 2.75) is 0 Å². The molecule has 4 heteroatoms. The van der Waals surface area contributed by atoms with E-state index in [0.717, 1.165) is 11.3 Å². The van der Waals surface area contributed by atoms with Crippen molar-refractivity contribution in [3.05, 3.63) is 54.1 Å². The molecule has 2 aromatic carbocycles. The zero-order chi connectivity index (χ0) is 14.9. The van der Waals surface area contributed by atoms with Crippen LogP contribution < -0.4 is 14.9 Å². The summed E-state index contributed by atoms with van der Waals surface area (Å²) in [7, 11) is 1.59. The van der Waals surface area contributed by atoms with Crippen molar-refractivity contribution in [1.29, 1.82) is 0 Å². The summed E-state index contributed by atoms with van der Waals surface area (Å²) in [6.45, 7) is 0.194. The van der Waals surface area contributed by atoms with Gasteiger partial charge in [0, 0.05) is 0 Å². The first-order valence-electron chi connectivity index (χ1n) is 6.42. The van der Waals surface area contributed by atoms with Crippen LogP contribution in [0.3, 0.4) is 0 Å². The fourth-order valence-electron chi connectivity index (χ4n) is 1.70. The minimum absolute atomic E-state index is 0.194. The molecule has 0 heterocycles. The smallest absolute Gasteiger partial charge is 0.163 e. The maximum Gasteiger partial charge on any atom is 0.163 e. The molecule has 0 unspecified atom stereocenters. The van der Waals surface area contributed by atoms with Gasteiger partial charge in [-0.05, 0) is 35.9 Å². The predicted molar refractivity (Wildman–Crippen MR) is 85.0 cm³/mol. The van der Waals surface area contributed by atoms with E-state index in [9.17, 15) is 0 Å². The normalized spacial score (nSPS) is 10.1. The fraction of sp³-hybridized carbons (Fsp3) is 0.118. The van der Waals surface area contributed by atoms with Crippen LogP contribution in [0.4, 0.5) is 5.69 Å². The van der Waals surface area contributed by atoms with E-state index in [-0.39, 0.29) is 6.61 Å². The number of terminal acetylenes is 1. The van der Waals surface area contributed by atoms with Gasteiger partial charge in [0.1, 0.15) is 6.61 Å². The molecule has 0 aliphatic rings. The summed E-state index contributed by atoms with van der Waals surface area (Å²) >= 11 is 0. The summed E-state index contributed by atoms with van der Waals surface area (Å²) in [5.74, 6) is 3.66. The molecule has 0 spiro atoms. The highest BCUT2D eigenvalue weighted by Crippen LogP contribution is 2.27. The van der Waals surface area contributed by atoms with Gasteiger partial charge in [0.05, 0.1) is 19.0 Å². The molecular weight excluding hydrogens is 264 g/mol. The number of methoxy groups -OCH3 is 1. The molecule has 21 heavy (non-hydrogen) atoms. The molecule has 0 radical (unpaired) electrons. The second-order valence-electron chi connectivity index (χ2n) is 4.14. The second kappa shape index (κ2) is 7.61. The van der Waals surface area contributed by atoms with E-state index in [2.05, 4.69) is 16.4 Å². The van der Waals surface area contributed by atoms with Gasteiger partial charge in [-0.15, -0.1) is 6.42 Å². The number of para-hydroxylation sites is 1. The highest BCUT2D eigenvalue weighted by molar-refractivity contribution is 5.81. The van der Waals surface area contributed by atoms with Gasteiger partial charge < -0.3 is 9.47 Å². The fourth-order valence-corrected chi connectivity index (χ4v) is 1.70. The Bertz CT molecular complexity index is 646. The van der Waals surface area contributed by atoms with E-state index in [4.69, 9.17) is 15.9 Å². The first-order chi connectivity index (χ1) is 10.3. The first kappa shape index (κ1) is 14.5. The molecule has 4 nitrogen and oxygen atoms in total. The molecule has 2 aromatic rings. The van der Waals surface area contributed by atoms with Crippen LogP contribution in [0.1, 0.15) is 5.56 Å². The molecule has 0 aromatic heterocycles. The highest BCUT2D eigenvalue weighted by Gasteiger charge is 2.04. The van der Waals surface area contributed by atoms with E-state index >= 15 is 0 Å². The first-order valence-corrected chi connectivity index (χ1v) is 6.42. The van der Waals surface area contributed by atoms with Crippen molar-refractivity contribution in [3.63, 3.8) is 0 Å². The van der Waals surface area contributed by atoms with E-state index in [1.165, 1.54) is 0 Å². The third kappa shape index (κ3) is 4.29. The number of rotatable bonds is 6. The molecule has 0 saturated carbocycles. The third-order valence-electron chi connectivity index (χ3n) is 2.68. The van der Waals surface area contributed by atoms with E-state index < -0.39 is 0 Å². The molecule has 0 aliphatic heterocycles. The molecule has 1 N–H and O–H groups in total. The van der Waals surface area contributed by atoms with Crippen molar-refractivity contribution in [2.75, 3.05) is 19.1 Å². The van der Waals surface area contributed by atoms with Crippen LogP contribution in [-0.4, -0.2) is 19.9 Å². The van der Waals surface area contributed by atoms with Crippen LogP contribution in [0.2, 0.25) is 0 Å². The van der Waals surface area contributed by atoms with Gasteiger partial charge in [-0.25, -0.2) is 0 Å². The number of nitrogens with one attached hydrogen (secondary N) is 1. The minimum atomic E-state index is 0.194. The van der Waals surface area contributed by atoms with Crippen molar-refractivity contribution in [2.24, 2.45) is 5.10 Å². The zero-order valence-electron chi connectivity index (χ0n) is 11.7. The molecule has 0 aliphatic carbocycles. The lowest BCUT2D eigenvalue weighted by atomic mass is 10.2. The van der Waals surface area contributed by atoms with Crippen molar-refractivity contribution >= 4 is 11.9 Å². The van der Waals surface area contributed by atoms with E-state index in [0.29, 0.717) is 11.5 Å². The quantitative estimate of drug-likeness (QED) is 0.502. The Hall–Kier alpha value is -2.93. The number of anilines is 1. The lowest BCUT2D eigenvalue weighted by Crippen LogP contribution is -1.98. The molecule has 0 fully saturated rings. The molecule has 0 amide bonds. The molecule has 2 rings (SSSR count). The SMILES string of the molecule is C#CCOc1cc(C=NNc2ccccc2)ccc1OC. The number of ether oxygens (including phenoxy) is 2. The Kier molecular flexibility index (Phi) is 5.25. The molecule has 0 bridgehead atoms. The van der Waals surface area contributed by atoms with Crippen molar-refractivity contribution in [1.82, 2.24) is 0 Å². The van der Waals surface area contributed by atoms with Crippen LogP contribution >= 0.6 is 0 Å². The van der Waals surface area contributed by atoms with Gasteiger partial charge >= 0.3 is 0 Å². The number of nitrogens with zero attached hydrogens (tertiary/aromatic N) is 1. The van der Waals surface area contributed by atoms with Gasteiger partial charge in [0.25, 0.3) is 0 Å². The van der Waals surface area contributed by atoms with Crippen LogP contribution in [0.5, 0.6) is 11.5 Å². The van der Waals surface area contributed by atoms with Gasteiger partial charge in [-0.1, -0.05) is 24.1 Å². The minimum Gasteiger partial charge on any atom is -0.493 e. The Morgan fingerprint density at radius 2 is 2.00 bits per heavy atom. The largest absolute Gasteiger partial charge is 0.493 e. The van der Waals surface area contributed by atoms with Crippen LogP contribution in [0.15, 0.2) is 53.6 Å². The van der Waals surface area contributed by atoms with E-state index in [1.807, 2.05) is 48.5 Å². The molecule has 0 atom stereocenters. The lowest BCUT2D eigenvalue weighted by Gasteiger charge is -2.09. The number of hydrogen-bond acceptors (Lipinski definition) is 4. The zero-order valence-corrected chi connectivity index (χ0v) is 11.7.